The van der Waals surface area contributed by atoms with E-state index < -0.39 is 0 Å². The Kier molecular flexibility index (Phi) is 2.99. The molecule has 1 aromatic rings. The average molecular weight is 234 g/mol. The molecule has 90 valence electrons. The molecule has 0 unspecified atom stereocenters. The van der Waals surface area contributed by atoms with E-state index in [-0.39, 0.29) is 24.9 Å². The van der Waals surface area contributed by atoms with Gasteiger partial charge in [-0.2, -0.15) is 0 Å². The number of carbonyl (C=O) groups is 2. The molecule has 0 radical (unpaired) electrons. The second-order valence-electron chi connectivity index (χ2n) is 3.93. The monoisotopic (exact) mass is 234 g/mol. The molecule has 2 amide bonds. The number of nitrogens with zero attached hydrogens (tertiary/aromatic N) is 2. The van der Waals surface area contributed by atoms with Gasteiger partial charge in [0.1, 0.15) is 12.3 Å². The predicted octanol–water partition coefficient (Wildman–Crippen LogP) is 0.500. The van der Waals surface area contributed by atoms with E-state index in [1.165, 1.54) is 9.80 Å². The number of carbonyl (C=O) groups excluding carboxylic acids is 2. The Morgan fingerprint density at radius 3 is 2.29 bits per heavy atom. The van der Waals surface area contributed by atoms with Gasteiger partial charge in [0.05, 0.1) is 13.7 Å². The molecule has 0 N–H and O–H groups in total. The maximum atomic E-state index is 11.8. The summed E-state index contributed by atoms with van der Waals surface area (Å²) < 4.78 is 5.04. The van der Waals surface area contributed by atoms with Crippen LogP contribution in [0.1, 0.15) is 0 Å². The van der Waals surface area contributed by atoms with E-state index in [0.29, 0.717) is 0 Å². The van der Waals surface area contributed by atoms with Gasteiger partial charge in [0.2, 0.25) is 11.8 Å². The molecule has 0 atom stereocenters. The second-order valence-corrected chi connectivity index (χ2v) is 3.93. The zero-order valence-electron chi connectivity index (χ0n) is 9.84. The highest BCUT2D eigenvalue weighted by atomic mass is 16.5. The smallest absolute Gasteiger partial charge is 0.247 e. The number of hydrogen-bond donors (Lipinski definition) is 0. The molecule has 1 saturated heterocycles. The van der Waals surface area contributed by atoms with E-state index in [4.69, 9.17) is 4.74 Å². The van der Waals surface area contributed by atoms with Gasteiger partial charge in [-0.05, 0) is 24.3 Å². The Morgan fingerprint density at radius 2 is 1.71 bits per heavy atom. The zero-order valence-corrected chi connectivity index (χ0v) is 9.84. The topological polar surface area (TPSA) is 49.9 Å². The molecule has 1 heterocycles. The lowest BCUT2D eigenvalue weighted by Crippen LogP contribution is -2.52. The molecule has 1 fully saturated rings. The fourth-order valence-electron chi connectivity index (χ4n) is 1.72. The van der Waals surface area contributed by atoms with Gasteiger partial charge in [0.15, 0.2) is 0 Å². The Bertz CT molecular complexity index is 442. The lowest BCUT2D eigenvalue weighted by Gasteiger charge is -2.31. The van der Waals surface area contributed by atoms with Crippen LogP contribution < -0.4 is 9.64 Å². The van der Waals surface area contributed by atoms with Gasteiger partial charge in [-0.1, -0.05) is 0 Å². The number of likely N-dealkylation sites (N-methyl/N-ethyl adjacent to an activating group) is 1. The van der Waals surface area contributed by atoms with Crippen LogP contribution >= 0.6 is 0 Å². The van der Waals surface area contributed by atoms with E-state index in [0.717, 1.165) is 11.4 Å². The number of rotatable bonds is 2. The van der Waals surface area contributed by atoms with Crippen LogP contribution in [-0.2, 0) is 9.59 Å². The summed E-state index contributed by atoms with van der Waals surface area (Å²) in [7, 11) is 3.21. The van der Waals surface area contributed by atoms with Crippen molar-refractivity contribution in [2.75, 3.05) is 32.1 Å². The van der Waals surface area contributed by atoms with Gasteiger partial charge in [-0.3, -0.25) is 9.59 Å². The standard InChI is InChI=1S/C12H14N2O3/c1-13-7-12(16)14(8-11(13)15)9-3-5-10(17-2)6-4-9/h3-6H,7-8H2,1-2H3. The van der Waals surface area contributed by atoms with Crippen molar-refractivity contribution in [1.29, 1.82) is 0 Å². The summed E-state index contributed by atoms with van der Waals surface area (Å²) in [5.74, 6) is 0.597. The summed E-state index contributed by atoms with van der Waals surface area (Å²) in [6.45, 7) is 0.229. The summed E-state index contributed by atoms with van der Waals surface area (Å²) in [6.07, 6.45) is 0. The van der Waals surface area contributed by atoms with E-state index in [2.05, 4.69) is 0 Å². The quantitative estimate of drug-likeness (QED) is 0.748. The van der Waals surface area contributed by atoms with Gasteiger partial charge >= 0.3 is 0 Å². The largest absolute Gasteiger partial charge is 0.497 e. The van der Waals surface area contributed by atoms with Gasteiger partial charge in [-0.25, -0.2) is 0 Å². The van der Waals surface area contributed by atoms with Crippen molar-refractivity contribution in [2.24, 2.45) is 0 Å². The molecule has 17 heavy (non-hydrogen) atoms. The summed E-state index contributed by atoms with van der Waals surface area (Å²) in [5.41, 5.74) is 0.720. The molecular weight excluding hydrogens is 220 g/mol. The van der Waals surface area contributed by atoms with Gasteiger partial charge in [0.25, 0.3) is 0 Å². The normalized spacial score (nSPS) is 16.4. The molecule has 1 aliphatic heterocycles. The first kappa shape index (κ1) is 11.4. The number of piperazine rings is 1. The van der Waals surface area contributed by atoms with Gasteiger partial charge in [-0.15, -0.1) is 0 Å². The van der Waals surface area contributed by atoms with Crippen molar-refractivity contribution in [1.82, 2.24) is 4.90 Å². The molecule has 0 aromatic heterocycles. The first-order chi connectivity index (χ1) is 8.11. The Morgan fingerprint density at radius 1 is 1.06 bits per heavy atom. The maximum Gasteiger partial charge on any atom is 0.247 e. The maximum absolute atomic E-state index is 11.8. The summed E-state index contributed by atoms with van der Waals surface area (Å²) in [5, 5.41) is 0. The molecule has 0 saturated carbocycles. The SMILES string of the molecule is COc1ccc(N2CC(=O)N(C)CC2=O)cc1. The van der Waals surface area contributed by atoms with E-state index in [1.807, 2.05) is 0 Å². The third kappa shape index (κ3) is 2.22. The molecular formula is C12H14N2O3. The molecule has 0 bridgehead atoms. The number of hydrogen-bond acceptors (Lipinski definition) is 3. The van der Waals surface area contributed by atoms with Crippen molar-refractivity contribution in [3.8, 4) is 5.75 Å². The number of benzene rings is 1. The summed E-state index contributed by atoms with van der Waals surface area (Å²) in [6, 6.07) is 7.08. The lowest BCUT2D eigenvalue weighted by molar-refractivity contribution is -0.136. The van der Waals surface area contributed by atoms with Crippen molar-refractivity contribution < 1.29 is 14.3 Å². The van der Waals surface area contributed by atoms with Crippen LogP contribution in [0.2, 0.25) is 0 Å². The highest BCUT2D eigenvalue weighted by Gasteiger charge is 2.28. The fraction of sp³-hybridized carbons (Fsp3) is 0.333. The first-order valence-corrected chi connectivity index (χ1v) is 5.30. The first-order valence-electron chi connectivity index (χ1n) is 5.30. The summed E-state index contributed by atoms with van der Waals surface area (Å²) >= 11 is 0. The van der Waals surface area contributed by atoms with Crippen LogP contribution in [0.15, 0.2) is 24.3 Å². The molecule has 1 aromatic carbocycles. The average Bonchev–Trinajstić information content (AvgIpc) is 2.34. The number of anilines is 1. The highest BCUT2D eigenvalue weighted by molar-refractivity contribution is 6.04. The highest BCUT2D eigenvalue weighted by Crippen LogP contribution is 2.20. The number of amides is 2. The van der Waals surface area contributed by atoms with Crippen LogP contribution in [0.5, 0.6) is 5.75 Å². The predicted molar refractivity (Wildman–Crippen MR) is 63.0 cm³/mol. The minimum atomic E-state index is -0.0720. The van der Waals surface area contributed by atoms with E-state index in [1.54, 1.807) is 38.4 Å². The van der Waals surface area contributed by atoms with Crippen LogP contribution in [0.25, 0.3) is 0 Å². The van der Waals surface area contributed by atoms with Crippen LogP contribution in [0.4, 0.5) is 5.69 Å². The lowest BCUT2D eigenvalue weighted by atomic mass is 10.2. The van der Waals surface area contributed by atoms with Gasteiger partial charge in [0, 0.05) is 12.7 Å². The minimum Gasteiger partial charge on any atom is -0.497 e. The second kappa shape index (κ2) is 4.45. The Balaban J connectivity index is 2.21. The molecule has 5 heteroatoms. The molecule has 0 aliphatic carbocycles. The van der Waals surface area contributed by atoms with E-state index >= 15 is 0 Å². The third-order valence-electron chi connectivity index (χ3n) is 2.78. The fourth-order valence-corrected chi connectivity index (χ4v) is 1.72. The molecule has 0 spiro atoms. The number of methoxy groups -OCH3 is 1. The molecule has 1 aliphatic rings. The van der Waals surface area contributed by atoms with Crippen LogP contribution in [0, 0.1) is 0 Å². The van der Waals surface area contributed by atoms with Crippen LogP contribution in [-0.4, -0.2) is 44.0 Å². The molecule has 5 nitrogen and oxygen atoms in total. The Hall–Kier alpha value is -2.04. The van der Waals surface area contributed by atoms with Crippen molar-refractivity contribution in [3.63, 3.8) is 0 Å². The van der Waals surface area contributed by atoms with Crippen molar-refractivity contribution >= 4 is 17.5 Å². The number of ether oxygens (including phenoxy) is 1. The Labute approximate surface area is 99.6 Å². The minimum absolute atomic E-state index is 0.0552. The van der Waals surface area contributed by atoms with Gasteiger partial charge < -0.3 is 14.5 Å². The van der Waals surface area contributed by atoms with Crippen LogP contribution in [0.3, 0.4) is 0 Å². The van der Waals surface area contributed by atoms with E-state index in [9.17, 15) is 9.59 Å². The summed E-state index contributed by atoms with van der Waals surface area (Å²) in [4.78, 5) is 26.3. The molecule has 2 rings (SSSR count). The van der Waals surface area contributed by atoms with Crippen molar-refractivity contribution in [2.45, 2.75) is 0 Å². The third-order valence-corrected chi connectivity index (χ3v) is 2.78. The van der Waals surface area contributed by atoms with Crippen molar-refractivity contribution in [3.05, 3.63) is 24.3 Å². The zero-order chi connectivity index (χ0) is 12.4.